The minimum Gasteiger partial charge on any atom is -0.394 e. The summed E-state index contributed by atoms with van der Waals surface area (Å²) in [4.78, 5) is 18.4. The quantitative estimate of drug-likeness (QED) is 0.694. The lowest BCUT2D eigenvalue weighted by molar-refractivity contribution is -0.116. The number of aromatic nitrogens is 1. The number of fused-ring (bicyclic) bond motifs is 1. The van der Waals surface area contributed by atoms with Crippen molar-refractivity contribution in [3.8, 4) is 0 Å². The zero-order chi connectivity index (χ0) is 19.3. The Morgan fingerprint density at radius 1 is 1.21 bits per heavy atom. The van der Waals surface area contributed by atoms with Crippen molar-refractivity contribution in [1.82, 2.24) is 15.2 Å². The molecule has 2 N–H and O–H groups in total. The van der Waals surface area contributed by atoms with E-state index in [1.165, 1.54) is 5.56 Å². The molecular formula is C23H27N3O2. The molecule has 4 rings (SSSR count). The number of piperidine rings is 1. The number of pyridine rings is 1. The van der Waals surface area contributed by atoms with Crippen LogP contribution in [-0.2, 0) is 4.79 Å². The highest BCUT2D eigenvalue weighted by Crippen LogP contribution is 2.54. The largest absolute Gasteiger partial charge is 0.394 e. The first-order valence-corrected chi connectivity index (χ1v) is 10.0. The molecule has 2 aliphatic rings. The molecule has 1 aromatic carbocycles. The van der Waals surface area contributed by atoms with Crippen molar-refractivity contribution in [2.45, 2.75) is 12.5 Å². The highest BCUT2D eigenvalue weighted by Gasteiger charge is 2.55. The third-order valence-electron chi connectivity index (χ3n) is 6.09. The smallest absolute Gasteiger partial charge is 0.244 e. The summed E-state index contributed by atoms with van der Waals surface area (Å²) in [5, 5.41) is 12.8. The number of hydrogen-bond donors (Lipinski definition) is 2. The van der Waals surface area contributed by atoms with E-state index >= 15 is 0 Å². The molecule has 5 heteroatoms. The number of amides is 1. The summed E-state index contributed by atoms with van der Waals surface area (Å²) in [6, 6.07) is 14.1. The minimum absolute atomic E-state index is 0.0549. The molecule has 1 unspecified atom stereocenters. The van der Waals surface area contributed by atoms with Crippen molar-refractivity contribution in [2.75, 3.05) is 26.2 Å². The van der Waals surface area contributed by atoms with Gasteiger partial charge in [-0.15, -0.1) is 0 Å². The van der Waals surface area contributed by atoms with Gasteiger partial charge >= 0.3 is 0 Å². The SMILES string of the molecule is O=C(/C=C/c1cccnc1)NCC[C@@H]1[C@H]2CN(C(CO)c3ccccc3)C[C@@H]12. The second-order valence-electron chi connectivity index (χ2n) is 7.75. The Labute approximate surface area is 166 Å². The van der Waals surface area contributed by atoms with Gasteiger partial charge in [-0.1, -0.05) is 36.4 Å². The molecular weight excluding hydrogens is 350 g/mol. The van der Waals surface area contributed by atoms with E-state index in [-0.39, 0.29) is 18.6 Å². The average Bonchev–Trinajstić information content (AvgIpc) is 3.18. The zero-order valence-electron chi connectivity index (χ0n) is 15.9. The molecule has 1 saturated carbocycles. The lowest BCUT2D eigenvalue weighted by atomic mass is 10.1. The molecule has 1 aliphatic carbocycles. The second-order valence-corrected chi connectivity index (χ2v) is 7.75. The van der Waals surface area contributed by atoms with Gasteiger partial charge in [-0.25, -0.2) is 0 Å². The number of hydrogen-bond acceptors (Lipinski definition) is 4. The van der Waals surface area contributed by atoms with E-state index < -0.39 is 0 Å². The molecule has 1 saturated heterocycles. The zero-order valence-corrected chi connectivity index (χ0v) is 15.9. The molecule has 146 valence electrons. The van der Waals surface area contributed by atoms with E-state index in [1.807, 2.05) is 30.3 Å². The second kappa shape index (κ2) is 8.67. The Balaban J connectivity index is 1.18. The van der Waals surface area contributed by atoms with Gasteiger partial charge in [-0.3, -0.25) is 14.7 Å². The minimum atomic E-state index is -0.0549. The summed E-state index contributed by atoms with van der Waals surface area (Å²) in [5.74, 6) is 2.07. The first-order chi connectivity index (χ1) is 13.8. The van der Waals surface area contributed by atoms with Gasteiger partial charge in [0.05, 0.1) is 12.6 Å². The Bertz CT molecular complexity index is 797. The van der Waals surface area contributed by atoms with Crippen molar-refractivity contribution in [2.24, 2.45) is 17.8 Å². The predicted octanol–water partition coefficient (Wildman–Crippen LogP) is 2.51. The van der Waals surface area contributed by atoms with Crippen molar-refractivity contribution in [1.29, 1.82) is 0 Å². The average molecular weight is 377 g/mol. The molecule has 1 aromatic heterocycles. The summed E-state index contributed by atoms with van der Waals surface area (Å²) in [6.45, 7) is 2.97. The molecule has 2 aromatic rings. The van der Waals surface area contributed by atoms with Gasteiger partial charge in [0, 0.05) is 38.1 Å². The summed E-state index contributed by atoms with van der Waals surface area (Å²) >= 11 is 0. The summed E-state index contributed by atoms with van der Waals surface area (Å²) in [6.07, 6.45) is 7.83. The predicted molar refractivity (Wildman–Crippen MR) is 109 cm³/mol. The van der Waals surface area contributed by atoms with Gasteiger partial charge < -0.3 is 10.4 Å². The first-order valence-electron chi connectivity index (χ1n) is 10.0. The van der Waals surface area contributed by atoms with Crippen molar-refractivity contribution in [3.05, 3.63) is 72.1 Å². The van der Waals surface area contributed by atoms with E-state index in [0.29, 0.717) is 17.8 Å². The standard InChI is InChI=1S/C23H27N3O2/c27-16-22(18-6-2-1-3-7-18)26-14-20-19(21(20)15-26)10-12-25-23(28)9-8-17-5-4-11-24-13-17/h1-9,11,13,19-22,27H,10,12,14-16H2,(H,25,28)/b9-8+/t19-,20-,21+,22?. The van der Waals surface area contributed by atoms with Crippen LogP contribution in [0, 0.1) is 17.8 Å². The molecule has 28 heavy (non-hydrogen) atoms. The molecule has 2 heterocycles. The summed E-state index contributed by atoms with van der Waals surface area (Å²) in [5.41, 5.74) is 2.11. The number of likely N-dealkylation sites (tertiary alicyclic amines) is 1. The van der Waals surface area contributed by atoms with Crippen LogP contribution in [0.15, 0.2) is 60.9 Å². The van der Waals surface area contributed by atoms with Gasteiger partial charge in [0.1, 0.15) is 0 Å². The Hall–Kier alpha value is -2.50. The van der Waals surface area contributed by atoms with Crippen LogP contribution in [0.5, 0.6) is 0 Å². The van der Waals surface area contributed by atoms with E-state index in [9.17, 15) is 9.90 Å². The maximum absolute atomic E-state index is 11.9. The van der Waals surface area contributed by atoms with Crippen LogP contribution in [0.2, 0.25) is 0 Å². The van der Waals surface area contributed by atoms with Gasteiger partial charge in [0.2, 0.25) is 5.91 Å². The van der Waals surface area contributed by atoms with Crippen LogP contribution in [-0.4, -0.2) is 47.1 Å². The Kier molecular flexibility index (Phi) is 5.84. The lowest BCUT2D eigenvalue weighted by Crippen LogP contribution is -2.32. The van der Waals surface area contributed by atoms with Gasteiger partial charge in [0.15, 0.2) is 0 Å². The summed E-state index contributed by atoms with van der Waals surface area (Å²) < 4.78 is 0. The van der Waals surface area contributed by atoms with Crippen LogP contribution in [0.1, 0.15) is 23.6 Å². The van der Waals surface area contributed by atoms with Crippen LogP contribution >= 0.6 is 0 Å². The number of aliphatic hydroxyl groups excluding tert-OH is 1. The third kappa shape index (κ3) is 4.32. The third-order valence-corrected chi connectivity index (χ3v) is 6.09. The van der Waals surface area contributed by atoms with Crippen LogP contribution in [0.4, 0.5) is 0 Å². The topological polar surface area (TPSA) is 65.5 Å². The Morgan fingerprint density at radius 2 is 2.00 bits per heavy atom. The molecule has 5 nitrogen and oxygen atoms in total. The molecule has 0 spiro atoms. The fraction of sp³-hybridized carbons (Fsp3) is 0.391. The fourth-order valence-corrected chi connectivity index (χ4v) is 4.54. The normalized spacial score (nSPS) is 24.8. The van der Waals surface area contributed by atoms with Crippen molar-refractivity contribution in [3.63, 3.8) is 0 Å². The summed E-state index contributed by atoms with van der Waals surface area (Å²) in [7, 11) is 0. The molecule has 1 amide bonds. The van der Waals surface area contributed by atoms with E-state index in [0.717, 1.165) is 31.6 Å². The monoisotopic (exact) mass is 377 g/mol. The maximum atomic E-state index is 11.9. The van der Waals surface area contributed by atoms with Crippen molar-refractivity contribution >= 4 is 12.0 Å². The molecule has 4 atom stereocenters. The fourth-order valence-electron chi connectivity index (χ4n) is 4.54. The highest BCUT2D eigenvalue weighted by molar-refractivity contribution is 5.91. The van der Waals surface area contributed by atoms with E-state index in [4.69, 9.17) is 0 Å². The number of aliphatic hydroxyl groups is 1. The van der Waals surface area contributed by atoms with Gasteiger partial charge in [-0.2, -0.15) is 0 Å². The van der Waals surface area contributed by atoms with E-state index in [1.54, 1.807) is 24.5 Å². The number of carbonyl (C=O) groups is 1. The van der Waals surface area contributed by atoms with Crippen LogP contribution in [0.25, 0.3) is 6.08 Å². The van der Waals surface area contributed by atoms with E-state index in [2.05, 4.69) is 27.3 Å². The first kappa shape index (κ1) is 18.8. The molecule has 0 bridgehead atoms. The number of carbonyl (C=O) groups excluding carboxylic acids is 1. The number of benzene rings is 1. The lowest BCUT2D eigenvalue weighted by Gasteiger charge is -2.28. The van der Waals surface area contributed by atoms with Gasteiger partial charge in [0.25, 0.3) is 0 Å². The van der Waals surface area contributed by atoms with Crippen LogP contribution < -0.4 is 5.32 Å². The maximum Gasteiger partial charge on any atom is 0.244 e. The van der Waals surface area contributed by atoms with Crippen LogP contribution in [0.3, 0.4) is 0 Å². The number of nitrogens with one attached hydrogen (secondary N) is 1. The molecule has 2 fully saturated rings. The number of rotatable bonds is 8. The highest BCUT2D eigenvalue weighted by atomic mass is 16.3. The Morgan fingerprint density at radius 3 is 2.68 bits per heavy atom. The molecule has 0 radical (unpaired) electrons. The molecule has 1 aliphatic heterocycles. The number of nitrogens with zero attached hydrogens (tertiary/aromatic N) is 2. The van der Waals surface area contributed by atoms with Gasteiger partial charge in [-0.05, 0) is 47.4 Å². The van der Waals surface area contributed by atoms with Crippen molar-refractivity contribution < 1.29 is 9.90 Å².